The summed E-state index contributed by atoms with van der Waals surface area (Å²) in [5, 5.41) is 7.43. The molecule has 2 aromatic heterocycles. The standard InChI is InChI=1S/C18H23N5O/c24-18(20-11-14-4-1-2-8-19-14)10-17-13-22(15-5-3-6-15)12-16-7-9-21-23(16)17/h1-2,4,7-9,15,17H,3,5-6,10-13H2,(H,20,24)/t17-/m1/s1. The zero-order valence-electron chi connectivity index (χ0n) is 13.8. The lowest BCUT2D eigenvalue weighted by Crippen LogP contribution is -2.47. The number of pyridine rings is 1. The van der Waals surface area contributed by atoms with Crippen LogP contribution in [0, 0.1) is 0 Å². The Labute approximate surface area is 141 Å². The van der Waals surface area contributed by atoms with Crippen LogP contribution in [0.4, 0.5) is 0 Å². The second-order valence-electron chi connectivity index (χ2n) is 6.74. The molecule has 0 spiro atoms. The molecule has 2 aromatic rings. The highest BCUT2D eigenvalue weighted by atomic mass is 16.1. The van der Waals surface area contributed by atoms with Crippen molar-refractivity contribution in [3.05, 3.63) is 48.0 Å². The summed E-state index contributed by atoms with van der Waals surface area (Å²) in [4.78, 5) is 19.1. The third kappa shape index (κ3) is 3.19. The quantitative estimate of drug-likeness (QED) is 0.912. The van der Waals surface area contributed by atoms with E-state index in [4.69, 9.17) is 0 Å². The number of carbonyl (C=O) groups excluding carboxylic acids is 1. The van der Waals surface area contributed by atoms with E-state index in [2.05, 4.69) is 26.4 Å². The average Bonchev–Trinajstić information content (AvgIpc) is 3.01. The highest BCUT2D eigenvalue weighted by molar-refractivity contribution is 5.76. The molecule has 24 heavy (non-hydrogen) atoms. The van der Waals surface area contributed by atoms with Gasteiger partial charge >= 0.3 is 0 Å². The van der Waals surface area contributed by atoms with Gasteiger partial charge < -0.3 is 5.32 Å². The lowest BCUT2D eigenvalue weighted by atomic mass is 9.90. The third-order valence-electron chi connectivity index (χ3n) is 5.11. The van der Waals surface area contributed by atoms with Gasteiger partial charge in [-0.1, -0.05) is 12.5 Å². The van der Waals surface area contributed by atoms with E-state index in [1.165, 1.54) is 25.0 Å². The summed E-state index contributed by atoms with van der Waals surface area (Å²) >= 11 is 0. The summed E-state index contributed by atoms with van der Waals surface area (Å²) in [6.07, 6.45) is 7.95. The molecule has 6 nitrogen and oxygen atoms in total. The van der Waals surface area contributed by atoms with Crippen molar-refractivity contribution in [3.63, 3.8) is 0 Å². The summed E-state index contributed by atoms with van der Waals surface area (Å²) in [7, 11) is 0. The Balaban J connectivity index is 1.38. The molecule has 0 bridgehead atoms. The lowest BCUT2D eigenvalue weighted by molar-refractivity contribution is -0.122. The van der Waals surface area contributed by atoms with Gasteiger partial charge in [0.15, 0.2) is 0 Å². The molecular formula is C18H23N5O. The molecule has 1 atom stereocenters. The van der Waals surface area contributed by atoms with Crippen molar-refractivity contribution in [2.75, 3.05) is 6.54 Å². The van der Waals surface area contributed by atoms with E-state index in [0.29, 0.717) is 19.0 Å². The van der Waals surface area contributed by atoms with Gasteiger partial charge in [0.05, 0.1) is 30.4 Å². The minimum atomic E-state index is 0.0579. The molecule has 126 valence electrons. The number of nitrogens with one attached hydrogen (secondary N) is 1. The Kier molecular flexibility index (Phi) is 4.30. The van der Waals surface area contributed by atoms with Crippen molar-refractivity contribution in [2.45, 2.75) is 50.9 Å². The van der Waals surface area contributed by atoms with Crippen LogP contribution in [0.3, 0.4) is 0 Å². The molecule has 1 amide bonds. The molecule has 1 aliphatic carbocycles. The van der Waals surface area contributed by atoms with Crippen LogP contribution < -0.4 is 5.32 Å². The van der Waals surface area contributed by atoms with Crippen LogP contribution in [0.5, 0.6) is 0 Å². The summed E-state index contributed by atoms with van der Waals surface area (Å²) in [5.74, 6) is 0.0579. The monoisotopic (exact) mass is 325 g/mol. The van der Waals surface area contributed by atoms with Crippen molar-refractivity contribution >= 4 is 5.91 Å². The van der Waals surface area contributed by atoms with Crippen LogP contribution in [-0.2, 0) is 17.9 Å². The van der Waals surface area contributed by atoms with Crippen molar-refractivity contribution in [1.82, 2.24) is 25.0 Å². The molecular weight excluding hydrogens is 302 g/mol. The average molecular weight is 325 g/mol. The van der Waals surface area contributed by atoms with E-state index in [-0.39, 0.29) is 11.9 Å². The van der Waals surface area contributed by atoms with Crippen LogP contribution in [-0.4, -0.2) is 38.2 Å². The van der Waals surface area contributed by atoms with Crippen molar-refractivity contribution in [3.8, 4) is 0 Å². The van der Waals surface area contributed by atoms with Crippen molar-refractivity contribution in [1.29, 1.82) is 0 Å². The van der Waals surface area contributed by atoms with Gasteiger partial charge in [0, 0.05) is 31.5 Å². The van der Waals surface area contributed by atoms with E-state index >= 15 is 0 Å². The van der Waals surface area contributed by atoms with Crippen LogP contribution in [0.2, 0.25) is 0 Å². The first kappa shape index (κ1) is 15.3. The number of hydrogen-bond acceptors (Lipinski definition) is 4. The van der Waals surface area contributed by atoms with Crippen LogP contribution in [0.1, 0.15) is 43.1 Å². The maximum Gasteiger partial charge on any atom is 0.222 e. The molecule has 1 N–H and O–H groups in total. The summed E-state index contributed by atoms with van der Waals surface area (Å²) in [6.45, 7) is 2.35. The van der Waals surface area contributed by atoms with Gasteiger partial charge in [-0.15, -0.1) is 0 Å². The zero-order chi connectivity index (χ0) is 16.4. The van der Waals surface area contributed by atoms with E-state index < -0.39 is 0 Å². The van der Waals surface area contributed by atoms with E-state index in [1.807, 2.05) is 29.1 Å². The maximum atomic E-state index is 12.4. The second-order valence-corrected chi connectivity index (χ2v) is 6.74. The molecule has 1 aliphatic heterocycles. The number of nitrogens with zero attached hydrogens (tertiary/aromatic N) is 4. The highest BCUT2D eigenvalue weighted by Gasteiger charge is 2.33. The van der Waals surface area contributed by atoms with Crippen LogP contribution in [0.15, 0.2) is 36.7 Å². The maximum absolute atomic E-state index is 12.4. The molecule has 3 heterocycles. The molecule has 6 heteroatoms. The van der Waals surface area contributed by atoms with Gasteiger partial charge in [0.1, 0.15) is 0 Å². The van der Waals surface area contributed by atoms with Gasteiger partial charge in [-0.05, 0) is 31.0 Å². The number of hydrogen-bond donors (Lipinski definition) is 1. The SMILES string of the molecule is O=C(C[C@@H]1CN(C2CCC2)Cc2ccnn21)NCc1ccccn1. The summed E-state index contributed by atoms with van der Waals surface area (Å²) in [6, 6.07) is 8.61. The predicted octanol–water partition coefficient (Wildman–Crippen LogP) is 1.89. The topological polar surface area (TPSA) is 63.1 Å². The number of rotatable bonds is 5. The fourth-order valence-corrected chi connectivity index (χ4v) is 3.58. The Morgan fingerprint density at radius 2 is 2.17 bits per heavy atom. The first-order valence-corrected chi connectivity index (χ1v) is 8.72. The largest absolute Gasteiger partial charge is 0.350 e. The zero-order valence-corrected chi connectivity index (χ0v) is 13.8. The predicted molar refractivity (Wildman–Crippen MR) is 90.0 cm³/mol. The summed E-state index contributed by atoms with van der Waals surface area (Å²) in [5.41, 5.74) is 2.10. The second kappa shape index (κ2) is 6.73. The minimum absolute atomic E-state index is 0.0579. The number of fused-ring (bicyclic) bond motifs is 1. The van der Waals surface area contributed by atoms with Crippen LogP contribution in [0.25, 0.3) is 0 Å². The van der Waals surface area contributed by atoms with Crippen LogP contribution >= 0.6 is 0 Å². The molecule has 1 saturated carbocycles. The van der Waals surface area contributed by atoms with Gasteiger partial charge in [0.2, 0.25) is 5.91 Å². The Morgan fingerprint density at radius 1 is 1.25 bits per heavy atom. The highest BCUT2D eigenvalue weighted by Crippen LogP contribution is 2.31. The molecule has 0 radical (unpaired) electrons. The molecule has 4 rings (SSSR count). The molecule has 0 saturated heterocycles. The fourth-order valence-electron chi connectivity index (χ4n) is 3.58. The molecule has 0 aromatic carbocycles. The van der Waals surface area contributed by atoms with E-state index in [0.717, 1.165) is 18.8 Å². The number of amides is 1. The molecule has 2 aliphatic rings. The third-order valence-corrected chi connectivity index (χ3v) is 5.11. The normalized spacial score (nSPS) is 21.1. The van der Waals surface area contributed by atoms with Gasteiger partial charge in [0.25, 0.3) is 0 Å². The van der Waals surface area contributed by atoms with E-state index in [9.17, 15) is 4.79 Å². The lowest BCUT2D eigenvalue weighted by Gasteiger charge is -2.42. The van der Waals surface area contributed by atoms with Gasteiger partial charge in [-0.2, -0.15) is 5.10 Å². The van der Waals surface area contributed by atoms with Crippen molar-refractivity contribution < 1.29 is 4.79 Å². The first-order chi connectivity index (χ1) is 11.8. The smallest absolute Gasteiger partial charge is 0.222 e. The Morgan fingerprint density at radius 3 is 2.92 bits per heavy atom. The Hall–Kier alpha value is -2.21. The Bertz CT molecular complexity index is 694. The van der Waals surface area contributed by atoms with Gasteiger partial charge in [-0.25, -0.2) is 0 Å². The molecule has 1 fully saturated rings. The molecule has 0 unspecified atom stereocenters. The fraction of sp³-hybridized carbons (Fsp3) is 0.500. The minimum Gasteiger partial charge on any atom is -0.350 e. The summed E-state index contributed by atoms with van der Waals surface area (Å²) < 4.78 is 2.04. The van der Waals surface area contributed by atoms with Crippen molar-refractivity contribution in [2.24, 2.45) is 0 Å². The first-order valence-electron chi connectivity index (χ1n) is 8.72. The van der Waals surface area contributed by atoms with E-state index in [1.54, 1.807) is 6.20 Å². The number of carbonyl (C=O) groups is 1. The number of aromatic nitrogens is 3. The van der Waals surface area contributed by atoms with Gasteiger partial charge in [-0.3, -0.25) is 19.4 Å².